The minimum absolute atomic E-state index is 0.448. The number of primary amides is 1. The van der Waals surface area contributed by atoms with E-state index in [1.165, 1.54) is 6.08 Å². The van der Waals surface area contributed by atoms with E-state index < -0.39 is 5.91 Å². The molecule has 15 heavy (non-hydrogen) atoms. The zero-order valence-corrected chi connectivity index (χ0v) is 8.05. The molecule has 3 heteroatoms. The Kier molecular flexibility index (Phi) is 2.46. The third-order valence-electron chi connectivity index (χ3n) is 2.07. The zero-order chi connectivity index (χ0) is 10.7. The van der Waals surface area contributed by atoms with Gasteiger partial charge in [-0.1, -0.05) is 18.2 Å². The molecule has 1 aromatic carbocycles. The van der Waals surface area contributed by atoms with E-state index in [1.54, 1.807) is 12.3 Å². The molecule has 1 heterocycles. The van der Waals surface area contributed by atoms with E-state index in [1.807, 2.05) is 30.3 Å². The van der Waals surface area contributed by atoms with Crippen LogP contribution in [0.3, 0.4) is 0 Å². The van der Waals surface area contributed by atoms with E-state index >= 15 is 0 Å². The van der Waals surface area contributed by atoms with Crippen LogP contribution in [-0.4, -0.2) is 10.9 Å². The van der Waals surface area contributed by atoms with E-state index in [0.29, 0.717) is 0 Å². The Morgan fingerprint density at radius 2 is 2.20 bits per heavy atom. The monoisotopic (exact) mass is 198 g/mol. The van der Waals surface area contributed by atoms with Crippen LogP contribution >= 0.6 is 0 Å². The van der Waals surface area contributed by atoms with Crippen LogP contribution in [0.15, 0.2) is 42.6 Å². The van der Waals surface area contributed by atoms with Crippen molar-refractivity contribution >= 4 is 22.9 Å². The molecule has 0 spiro atoms. The van der Waals surface area contributed by atoms with Crippen molar-refractivity contribution < 1.29 is 4.79 Å². The van der Waals surface area contributed by atoms with Crippen LogP contribution in [0.1, 0.15) is 5.56 Å². The molecule has 0 aliphatic heterocycles. The standard InChI is InChI=1S/C12H10N2O/c13-12(15)6-4-9-3-5-10-2-1-7-14-11(10)8-9/h1-8H,(H2,13,15)/b6-4-. The van der Waals surface area contributed by atoms with Gasteiger partial charge in [-0.3, -0.25) is 9.78 Å². The molecule has 1 amide bonds. The topological polar surface area (TPSA) is 56.0 Å². The fourth-order valence-corrected chi connectivity index (χ4v) is 1.37. The lowest BCUT2D eigenvalue weighted by Crippen LogP contribution is -2.05. The molecular formula is C12H10N2O. The third-order valence-corrected chi connectivity index (χ3v) is 2.07. The first kappa shape index (κ1) is 9.40. The SMILES string of the molecule is NC(=O)/C=C\c1ccc2cccnc2c1. The van der Waals surface area contributed by atoms with Crippen molar-refractivity contribution in [2.75, 3.05) is 0 Å². The van der Waals surface area contributed by atoms with Crippen LogP contribution in [0, 0.1) is 0 Å². The first-order chi connectivity index (χ1) is 7.25. The lowest BCUT2D eigenvalue weighted by molar-refractivity contribution is -0.113. The minimum atomic E-state index is -0.448. The number of hydrogen-bond acceptors (Lipinski definition) is 2. The summed E-state index contributed by atoms with van der Waals surface area (Å²) in [7, 11) is 0. The predicted octanol–water partition coefficient (Wildman–Crippen LogP) is 1.73. The normalized spacial score (nSPS) is 10.9. The maximum absolute atomic E-state index is 10.6. The molecular weight excluding hydrogens is 188 g/mol. The summed E-state index contributed by atoms with van der Waals surface area (Å²) in [6.07, 6.45) is 4.75. The number of aromatic nitrogens is 1. The summed E-state index contributed by atoms with van der Waals surface area (Å²) in [5.41, 5.74) is 6.83. The molecule has 2 rings (SSSR count). The van der Waals surface area contributed by atoms with Crippen molar-refractivity contribution in [3.63, 3.8) is 0 Å². The number of carbonyl (C=O) groups excluding carboxylic acids is 1. The highest BCUT2D eigenvalue weighted by Gasteiger charge is 1.94. The van der Waals surface area contributed by atoms with E-state index in [2.05, 4.69) is 4.98 Å². The van der Waals surface area contributed by atoms with Crippen molar-refractivity contribution in [1.82, 2.24) is 4.98 Å². The zero-order valence-electron chi connectivity index (χ0n) is 8.05. The molecule has 0 fully saturated rings. The number of pyridine rings is 1. The van der Waals surface area contributed by atoms with Gasteiger partial charge in [0.05, 0.1) is 5.52 Å². The fourth-order valence-electron chi connectivity index (χ4n) is 1.37. The Bertz CT molecular complexity index is 532. The van der Waals surface area contributed by atoms with Crippen LogP contribution in [0.5, 0.6) is 0 Å². The number of hydrogen-bond donors (Lipinski definition) is 1. The minimum Gasteiger partial charge on any atom is -0.366 e. The Hall–Kier alpha value is -2.16. The number of rotatable bonds is 2. The molecule has 1 aromatic heterocycles. The van der Waals surface area contributed by atoms with Crippen molar-refractivity contribution in [1.29, 1.82) is 0 Å². The molecule has 74 valence electrons. The lowest BCUT2D eigenvalue weighted by atomic mass is 10.1. The van der Waals surface area contributed by atoms with Gasteiger partial charge in [-0.15, -0.1) is 0 Å². The number of nitrogens with zero attached hydrogens (tertiary/aromatic N) is 1. The summed E-state index contributed by atoms with van der Waals surface area (Å²) in [4.78, 5) is 14.8. The molecule has 0 aliphatic carbocycles. The second kappa shape index (κ2) is 3.92. The Morgan fingerprint density at radius 1 is 1.33 bits per heavy atom. The lowest BCUT2D eigenvalue weighted by Gasteiger charge is -1.97. The molecule has 2 aromatic rings. The van der Waals surface area contributed by atoms with E-state index in [4.69, 9.17) is 5.73 Å². The van der Waals surface area contributed by atoms with Crippen LogP contribution in [0.4, 0.5) is 0 Å². The van der Waals surface area contributed by atoms with Crippen molar-refractivity contribution in [2.24, 2.45) is 5.73 Å². The van der Waals surface area contributed by atoms with Gasteiger partial charge >= 0.3 is 0 Å². The van der Waals surface area contributed by atoms with Gasteiger partial charge in [-0.05, 0) is 23.8 Å². The Labute approximate surface area is 87.2 Å². The molecule has 0 saturated carbocycles. The van der Waals surface area contributed by atoms with Gasteiger partial charge < -0.3 is 5.73 Å². The van der Waals surface area contributed by atoms with Gasteiger partial charge in [0.1, 0.15) is 0 Å². The Morgan fingerprint density at radius 3 is 3.00 bits per heavy atom. The number of amides is 1. The van der Waals surface area contributed by atoms with Crippen molar-refractivity contribution in [2.45, 2.75) is 0 Å². The highest BCUT2D eigenvalue weighted by Crippen LogP contribution is 2.13. The first-order valence-corrected chi connectivity index (χ1v) is 4.58. The predicted molar refractivity (Wildman–Crippen MR) is 60.0 cm³/mol. The van der Waals surface area contributed by atoms with Crippen molar-refractivity contribution in [3.8, 4) is 0 Å². The highest BCUT2D eigenvalue weighted by atomic mass is 16.1. The first-order valence-electron chi connectivity index (χ1n) is 4.58. The second-order valence-electron chi connectivity index (χ2n) is 3.19. The van der Waals surface area contributed by atoms with Gasteiger partial charge in [0.2, 0.25) is 5.91 Å². The van der Waals surface area contributed by atoms with E-state index in [9.17, 15) is 4.79 Å². The summed E-state index contributed by atoms with van der Waals surface area (Å²) < 4.78 is 0. The van der Waals surface area contributed by atoms with Crippen LogP contribution < -0.4 is 5.73 Å². The fraction of sp³-hybridized carbons (Fsp3) is 0. The van der Waals surface area contributed by atoms with E-state index in [-0.39, 0.29) is 0 Å². The van der Waals surface area contributed by atoms with Gasteiger partial charge in [0.15, 0.2) is 0 Å². The maximum Gasteiger partial charge on any atom is 0.241 e. The number of carbonyl (C=O) groups is 1. The molecule has 0 saturated heterocycles. The molecule has 0 aliphatic rings. The van der Waals surface area contributed by atoms with Gasteiger partial charge in [-0.25, -0.2) is 0 Å². The molecule has 0 bridgehead atoms. The van der Waals surface area contributed by atoms with Gasteiger partial charge in [0.25, 0.3) is 0 Å². The average Bonchev–Trinajstić information content (AvgIpc) is 2.26. The Balaban J connectivity index is 2.43. The van der Waals surface area contributed by atoms with Gasteiger partial charge in [-0.2, -0.15) is 0 Å². The number of benzene rings is 1. The summed E-state index contributed by atoms with van der Waals surface area (Å²) in [5, 5.41) is 1.08. The summed E-state index contributed by atoms with van der Waals surface area (Å²) in [6.45, 7) is 0. The molecule has 0 atom stereocenters. The molecule has 0 unspecified atom stereocenters. The van der Waals surface area contributed by atoms with Crippen LogP contribution in [0.2, 0.25) is 0 Å². The molecule has 0 radical (unpaired) electrons. The van der Waals surface area contributed by atoms with E-state index in [0.717, 1.165) is 16.5 Å². The molecule has 3 nitrogen and oxygen atoms in total. The van der Waals surface area contributed by atoms with Crippen LogP contribution in [-0.2, 0) is 4.79 Å². The number of nitrogens with two attached hydrogens (primary N) is 1. The second-order valence-corrected chi connectivity index (χ2v) is 3.19. The quantitative estimate of drug-likeness (QED) is 0.747. The largest absolute Gasteiger partial charge is 0.366 e. The maximum atomic E-state index is 10.6. The van der Waals surface area contributed by atoms with Gasteiger partial charge in [0, 0.05) is 17.7 Å². The summed E-state index contributed by atoms with van der Waals surface area (Å²) >= 11 is 0. The number of fused-ring (bicyclic) bond motifs is 1. The average molecular weight is 198 g/mol. The third kappa shape index (κ3) is 2.20. The summed E-state index contributed by atoms with van der Waals surface area (Å²) in [5.74, 6) is -0.448. The summed E-state index contributed by atoms with van der Waals surface area (Å²) in [6, 6.07) is 9.67. The van der Waals surface area contributed by atoms with Crippen LogP contribution in [0.25, 0.3) is 17.0 Å². The van der Waals surface area contributed by atoms with Crippen molar-refractivity contribution in [3.05, 3.63) is 48.2 Å². The smallest absolute Gasteiger partial charge is 0.241 e. The molecule has 2 N–H and O–H groups in total. The highest BCUT2D eigenvalue weighted by molar-refractivity contribution is 5.91.